The van der Waals surface area contributed by atoms with Crippen LogP contribution in [0.2, 0.25) is 0 Å². The fourth-order valence-corrected chi connectivity index (χ4v) is 2.32. The maximum absolute atomic E-state index is 12.4. The van der Waals surface area contributed by atoms with Crippen LogP contribution >= 0.6 is 0 Å². The van der Waals surface area contributed by atoms with Gasteiger partial charge in [0, 0.05) is 5.56 Å². The van der Waals surface area contributed by atoms with Crippen LogP contribution in [0.1, 0.15) is 46.4 Å². The SMILES string of the molecule is CC[C@H](NC(=O)c1cc(C)ccc1C)c1ccccc1. The molecule has 0 aliphatic carbocycles. The highest BCUT2D eigenvalue weighted by Gasteiger charge is 2.15. The largest absolute Gasteiger partial charge is 0.345 e. The normalized spacial score (nSPS) is 11.9. The van der Waals surface area contributed by atoms with Gasteiger partial charge < -0.3 is 5.32 Å². The average molecular weight is 267 g/mol. The van der Waals surface area contributed by atoms with Gasteiger partial charge in [-0.15, -0.1) is 0 Å². The van der Waals surface area contributed by atoms with E-state index in [1.165, 1.54) is 0 Å². The van der Waals surface area contributed by atoms with Crippen molar-refractivity contribution in [2.45, 2.75) is 33.2 Å². The van der Waals surface area contributed by atoms with E-state index in [-0.39, 0.29) is 11.9 Å². The number of hydrogen-bond donors (Lipinski definition) is 1. The second-order valence-electron chi connectivity index (χ2n) is 5.16. The molecule has 20 heavy (non-hydrogen) atoms. The van der Waals surface area contributed by atoms with Gasteiger partial charge in [-0.1, -0.05) is 55.0 Å². The van der Waals surface area contributed by atoms with Crippen molar-refractivity contribution in [1.82, 2.24) is 5.32 Å². The Morgan fingerprint density at radius 1 is 1.10 bits per heavy atom. The first-order valence-corrected chi connectivity index (χ1v) is 7.05. The van der Waals surface area contributed by atoms with Gasteiger partial charge in [0.05, 0.1) is 6.04 Å². The van der Waals surface area contributed by atoms with Gasteiger partial charge in [0.1, 0.15) is 0 Å². The zero-order chi connectivity index (χ0) is 14.5. The minimum Gasteiger partial charge on any atom is -0.345 e. The molecular formula is C18H21NO. The van der Waals surface area contributed by atoms with Crippen LogP contribution in [0, 0.1) is 13.8 Å². The number of carbonyl (C=O) groups is 1. The third kappa shape index (κ3) is 3.27. The van der Waals surface area contributed by atoms with Crippen LogP contribution in [0.3, 0.4) is 0 Å². The Labute approximate surface area is 120 Å². The zero-order valence-corrected chi connectivity index (χ0v) is 12.3. The predicted octanol–water partition coefficient (Wildman–Crippen LogP) is 4.18. The lowest BCUT2D eigenvalue weighted by Crippen LogP contribution is -2.28. The van der Waals surface area contributed by atoms with Crippen LogP contribution in [0.4, 0.5) is 0 Å². The molecule has 2 heteroatoms. The van der Waals surface area contributed by atoms with Gasteiger partial charge in [-0.05, 0) is 37.5 Å². The summed E-state index contributed by atoms with van der Waals surface area (Å²) in [4.78, 5) is 12.4. The number of carbonyl (C=O) groups excluding carboxylic acids is 1. The van der Waals surface area contributed by atoms with Crippen molar-refractivity contribution in [3.63, 3.8) is 0 Å². The number of nitrogens with one attached hydrogen (secondary N) is 1. The Hall–Kier alpha value is -2.09. The van der Waals surface area contributed by atoms with Crippen LogP contribution < -0.4 is 5.32 Å². The van der Waals surface area contributed by atoms with E-state index in [0.29, 0.717) is 0 Å². The van der Waals surface area contributed by atoms with E-state index in [0.717, 1.165) is 28.7 Å². The van der Waals surface area contributed by atoms with Crippen LogP contribution in [0.5, 0.6) is 0 Å². The summed E-state index contributed by atoms with van der Waals surface area (Å²) < 4.78 is 0. The van der Waals surface area contributed by atoms with Crippen molar-refractivity contribution in [2.24, 2.45) is 0 Å². The first-order chi connectivity index (χ1) is 9.61. The van der Waals surface area contributed by atoms with Crippen LogP contribution in [-0.2, 0) is 0 Å². The van der Waals surface area contributed by atoms with E-state index in [9.17, 15) is 4.79 Å². The summed E-state index contributed by atoms with van der Waals surface area (Å²) in [6, 6.07) is 16.1. The number of benzene rings is 2. The maximum Gasteiger partial charge on any atom is 0.252 e. The van der Waals surface area contributed by atoms with Gasteiger partial charge in [-0.25, -0.2) is 0 Å². The van der Waals surface area contributed by atoms with Crippen LogP contribution in [-0.4, -0.2) is 5.91 Å². The molecule has 2 nitrogen and oxygen atoms in total. The molecule has 0 saturated carbocycles. The highest BCUT2D eigenvalue weighted by molar-refractivity contribution is 5.96. The second kappa shape index (κ2) is 6.38. The average Bonchev–Trinajstić information content (AvgIpc) is 2.48. The molecule has 1 atom stereocenters. The molecule has 0 saturated heterocycles. The molecule has 0 spiro atoms. The highest BCUT2D eigenvalue weighted by Crippen LogP contribution is 2.18. The summed E-state index contributed by atoms with van der Waals surface area (Å²) in [6.45, 7) is 6.06. The summed E-state index contributed by atoms with van der Waals surface area (Å²) in [5.41, 5.74) is 4.03. The van der Waals surface area contributed by atoms with Crippen molar-refractivity contribution in [2.75, 3.05) is 0 Å². The summed E-state index contributed by atoms with van der Waals surface area (Å²) in [5.74, 6) is 0.00176. The van der Waals surface area contributed by atoms with Crippen LogP contribution in [0.15, 0.2) is 48.5 Å². The standard InChI is InChI=1S/C18H21NO/c1-4-17(15-8-6-5-7-9-15)19-18(20)16-12-13(2)10-11-14(16)3/h5-12,17H,4H2,1-3H3,(H,19,20)/t17-/m0/s1. The van der Waals surface area contributed by atoms with E-state index in [1.807, 2.05) is 50.2 Å². The molecule has 0 fully saturated rings. The van der Waals surface area contributed by atoms with Crippen molar-refractivity contribution < 1.29 is 4.79 Å². The molecule has 0 aromatic heterocycles. The molecule has 0 aliphatic rings. The number of hydrogen-bond acceptors (Lipinski definition) is 1. The van der Waals surface area contributed by atoms with Gasteiger partial charge in [0.2, 0.25) is 0 Å². The Balaban J connectivity index is 2.20. The molecule has 1 N–H and O–H groups in total. The van der Waals surface area contributed by atoms with Gasteiger partial charge in [0.15, 0.2) is 0 Å². The maximum atomic E-state index is 12.4. The molecule has 0 radical (unpaired) electrons. The lowest BCUT2D eigenvalue weighted by Gasteiger charge is -2.18. The molecule has 2 aromatic rings. The Bertz CT molecular complexity index is 590. The predicted molar refractivity (Wildman–Crippen MR) is 82.9 cm³/mol. The summed E-state index contributed by atoms with van der Waals surface area (Å²) in [6.07, 6.45) is 0.876. The van der Waals surface area contributed by atoms with E-state index in [2.05, 4.69) is 24.4 Å². The minimum atomic E-state index is 0.00176. The molecule has 0 heterocycles. The first-order valence-electron chi connectivity index (χ1n) is 7.05. The molecular weight excluding hydrogens is 246 g/mol. The topological polar surface area (TPSA) is 29.1 Å². The van der Waals surface area contributed by atoms with Crippen molar-refractivity contribution in [3.05, 3.63) is 70.8 Å². The number of aryl methyl sites for hydroxylation is 2. The van der Waals surface area contributed by atoms with Crippen molar-refractivity contribution in [3.8, 4) is 0 Å². The molecule has 0 bridgehead atoms. The lowest BCUT2D eigenvalue weighted by atomic mass is 10.0. The number of amides is 1. The monoisotopic (exact) mass is 267 g/mol. The fraction of sp³-hybridized carbons (Fsp3) is 0.278. The summed E-state index contributed by atoms with van der Waals surface area (Å²) >= 11 is 0. The second-order valence-corrected chi connectivity index (χ2v) is 5.16. The van der Waals surface area contributed by atoms with E-state index >= 15 is 0 Å². The fourth-order valence-electron chi connectivity index (χ4n) is 2.32. The first kappa shape index (κ1) is 14.3. The lowest BCUT2D eigenvalue weighted by molar-refractivity contribution is 0.0935. The van der Waals surface area contributed by atoms with Gasteiger partial charge in [-0.2, -0.15) is 0 Å². The van der Waals surface area contributed by atoms with Crippen molar-refractivity contribution in [1.29, 1.82) is 0 Å². The number of rotatable bonds is 4. The van der Waals surface area contributed by atoms with Crippen LogP contribution in [0.25, 0.3) is 0 Å². The van der Waals surface area contributed by atoms with E-state index in [1.54, 1.807) is 0 Å². The quantitative estimate of drug-likeness (QED) is 0.884. The molecule has 0 unspecified atom stereocenters. The molecule has 104 valence electrons. The zero-order valence-electron chi connectivity index (χ0n) is 12.3. The van der Waals surface area contributed by atoms with Gasteiger partial charge >= 0.3 is 0 Å². The Kier molecular flexibility index (Phi) is 4.57. The molecule has 2 aromatic carbocycles. The highest BCUT2D eigenvalue weighted by atomic mass is 16.1. The molecule has 1 amide bonds. The Morgan fingerprint density at radius 2 is 1.80 bits per heavy atom. The summed E-state index contributed by atoms with van der Waals surface area (Å²) in [5, 5.41) is 3.13. The third-order valence-electron chi connectivity index (χ3n) is 3.55. The Morgan fingerprint density at radius 3 is 2.45 bits per heavy atom. The summed E-state index contributed by atoms with van der Waals surface area (Å²) in [7, 11) is 0. The van der Waals surface area contributed by atoms with E-state index < -0.39 is 0 Å². The smallest absolute Gasteiger partial charge is 0.252 e. The van der Waals surface area contributed by atoms with Gasteiger partial charge in [0.25, 0.3) is 5.91 Å². The van der Waals surface area contributed by atoms with Crippen molar-refractivity contribution >= 4 is 5.91 Å². The third-order valence-corrected chi connectivity index (χ3v) is 3.55. The molecule has 2 rings (SSSR count). The minimum absolute atomic E-state index is 0.00176. The van der Waals surface area contributed by atoms with Gasteiger partial charge in [-0.3, -0.25) is 4.79 Å². The molecule has 0 aliphatic heterocycles. The van der Waals surface area contributed by atoms with E-state index in [4.69, 9.17) is 0 Å².